The zero-order chi connectivity index (χ0) is 11.0. The van der Waals surface area contributed by atoms with Crippen LogP contribution in [0.2, 0.25) is 0 Å². The van der Waals surface area contributed by atoms with Gasteiger partial charge in [-0.3, -0.25) is 0 Å². The zero-order valence-electron chi connectivity index (χ0n) is 8.23. The summed E-state index contributed by atoms with van der Waals surface area (Å²) in [5, 5.41) is 0. The van der Waals surface area contributed by atoms with E-state index in [1.807, 2.05) is 0 Å². The third-order valence-corrected chi connectivity index (χ3v) is 1.65. The first kappa shape index (κ1) is 13.4. The molecule has 0 aliphatic carbocycles. The molecule has 5 heteroatoms. The molecular formula is C9H16F3NO. The summed E-state index contributed by atoms with van der Waals surface area (Å²) < 4.78 is 40.4. The van der Waals surface area contributed by atoms with Gasteiger partial charge in [-0.15, -0.1) is 0 Å². The molecule has 0 fully saturated rings. The van der Waals surface area contributed by atoms with Crippen molar-refractivity contribution in [3.8, 4) is 0 Å². The highest BCUT2D eigenvalue weighted by atomic mass is 19.4. The third-order valence-electron chi connectivity index (χ3n) is 1.65. The summed E-state index contributed by atoms with van der Waals surface area (Å²) in [6.07, 6.45) is -2.59. The van der Waals surface area contributed by atoms with E-state index in [2.05, 4.69) is 0 Å². The number of rotatable bonds is 6. The molecule has 0 aromatic carbocycles. The van der Waals surface area contributed by atoms with Crippen LogP contribution in [0, 0.1) is 0 Å². The van der Waals surface area contributed by atoms with E-state index in [4.69, 9.17) is 10.5 Å². The average Bonchev–Trinajstić information content (AvgIpc) is 2.08. The van der Waals surface area contributed by atoms with Crippen LogP contribution in [-0.4, -0.2) is 26.4 Å². The number of hydrogen-bond acceptors (Lipinski definition) is 2. The van der Waals surface area contributed by atoms with E-state index in [-0.39, 0.29) is 6.61 Å². The molecule has 0 saturated heterocycles. The summed E-state index contributed by atoms with van der Waals surface area (Å²) in [6, 6.07) is 0. The van der Waals surface area contributed by atoms with Gasteiger partial charge in [0.2, 0.25) is 0 Å². The molecule has 0 aromatic heterocycles. The van der Waals surface area contributed by atoms with Crippen LogP contribution in [0.1, 0.15) is 19.3 Å². The Morgan fingerprint density at radius 3 is 2.50 bits per heavy atom. The molecule has 0 bridgehead atoms. The molecule has 0 saturated carbocycles. The number of allylic oxidation sites excluding steroid dienone is 1. The molecule has 0 aliphatic rings. The van der Waals surface area contributed by atoms with Gasteiger partial charge in [-0.05, 0) is 25.0 Å². The number of hydrogen-bond donors (Lipinski definition) is 1. The maximum Gasteiger partial charge on any atom is 0.392 e. The highest BCUT2D eigenvalue weighted by Gasteiger charge is 2.25. The van der Waals surface area contributed by atoms with E-state index in [0.717, 1.165) is 0 Å². The Labute approximate surface area is 81.9 Å². The van der Waals surface area contributed by atoms with E-state index in [1.54, 1.807) is 0 Å². The van der Waals surface area contributed by atoms with Crippen molar-refractivity contribution in [3.05, 3.63) is 11.6 Å². The van der Waals surface area contributed by atoms with E-state index in [0.29, 0.717) is 25.0 Å². The quantitative estimate of drug-likeness (QED) is 0.684. The van der Waals surface area contributed by atoms with Gasteiger partial charge < -0.3 is 10.5 Å². The Morgan fingerprint density at radius 2 is 2.07 bits per heavy atom. The molecule has 0 atom stereocenters. The van der Waals surface area contributed by atoms with Crippen molar-refractivity contribution in [1.29, 1.82) is 0 Å². The van der Waals surface area contributed by atoms with Gasteiger partial charge >= 0.3 is 6.18 Å². The van der Waals surface area contributed by atoms with Gasteiger partial charge in [0.05, 0.1) is 13.0 Å². The molecule has 2 nitrogen and oxygen atoms in total. The molecular weight excluding hydrogens is 195 g/mol. The molecule has 0 heterocycles. The lowest BCUT2D eigenvalue weighted by molar-refractivity contribution is -0.125. The van der Waals surface area contributed by atoms with Crippen molar-refractivity contribution in [2.24, 2.45) is 5.73 Å². The van der Waals surface area contributed by atoms with Gasteiger partial charge in [-0.1, -0.05) is 6.08 Å². The van der Waals surface area contributed by atoms with Crippen molar-refractivity contribution in [2.45, 2.75) is 25.4 Å². The number of alkyl halides is 3. The van der Waals surface area contributed by atoms with E-state index in [9.17, 15) is 13.2 Å². The Hall–Kier alpha value is -0.550. The van der Waals surface area contributed by atoms with E-state index < -0.39 is 12.6 Å². The number of halogens is 3. The minimum Gasteiger partial charge on any atom is -0.380 e. The first-order valence-electron chi connectivity index (χ1n) is 4.43. The molecule has 84 valence electrons. The summed E-state index contributed by atoms with van der Waals surface area (Å²) in [7, 11) is 1.46. The van der Waals surface area contributed by atoms with Gasteiger partial charge in [0.15, 0.2) is 0 Å². The molecule has 0 aromatic rings. The topological polar surface area (TPSA) is 35.2 Å². The smallest absolute Gasteiger partial charge is 0.380 e. The van der Waals surface area contributed by atoms with Crippen molar-refractivity contribution in [3.63, 3.8) is 0 Å². The number of nitrogens with two attached hydrogens (primary N) is 1. The fourth-order valence-corrected chi connectivity index (χ4v) is 1.01. The first-order chi connectivity index (χ1) is 6.49. The second-order valence-corrected chi connectivity index (χ2v) is 3.01. The lowest BCUT2D eigenvalue weighted by atomic mass is 10.1. The van der Waals surface area contributed by atoms with Crippen LogP contribution >= 0.6 is 0 Å². The zero-order valence-corrected chi connectivity index (χ0v) is 8.23. The van der Waals surface area contributed by atoms with Crippen LogP contribution in [0.25, 0.3) is 0 Å². The van der Waals surface area contributed by atoms with Crippen molar-refractivity contribution < 1.29 is 17.9 Å². The van der Waals surface area contributed by atoms with Crippen LogP contribution in [0.4, 0.5) is 13.2 Å². The van der Waals surface area contributed by atoms with E-state index >= 15 is 0 Å². The largest absolute Gasteiger partial charge is 0.392 e. The molecule has 0 unspecified atom stereocenters. The summed E-state index contributed by atoms with van der Waals surface area (Å²) in [5.74, 6) is 0. The Morgan fingerprint density at radius 1 is 1.43 bits per heavy atom. The minimum absolute atomic E-state index is 0.246. The fraction of sp³-hybridized carbons (Fsp3) is 0.778. The molecule has 0 aliphatic heterocycles. The number of methoxy groups -OCH3 is 1. The Bertz CT molecular complexity index is 177. The normalized spacial score (nSPS) is 13.4. The van der Waals surface area contributed by atoms with Gasteiger partial charge in [0.1, 0.15) is 0 Å². The molecule has 0 amide bonds. The van der Waals surface area contributed by atoms with E-state index in [1.165, 1.54) is 13.2 Å². The average molecular weight is 211 g/mol. The highest BCUT2D eigenvalue weighted by Crippen LogP contribution is 2.21. The standard InChI is InChI=1S/C9H16F3NO/c1-14-7-8(3-2-6-13)4-5-9(10,11)12/h4H,2-3,5-7,13H2,1H3. The van der Waals surface area contributed by atoms with Gasteiger partial charge in [-0.25, -0.2) is 0 Å². The predicted octanol–water partition coefficient (Wildman–Crippen LogP) is 2.25. The maximum absolute atomic E-state index is 11.9. The highest BCUT2D eigenvalue weighted by molar-refractivity contribution is 5.03. The monoisotopic (exact) mass is 211 g/mol. The Kier molecular flexibility index (Phi) is 6.57. The Balaban J connectivity index is 4.04. The summed E-state index contributed by atoms with van der Waals surface area (Å²) >= 11 is 0. The third kappa shape index (κ3) is 8.07. The van der Waals surface area contributed by atoms with Gasteiger partial charge in [-0.2, -0.15) is 13.2 Å². The van der Waals surface area contributed by atoms with Crippen molar-refractivity contribution >= 4 is 0 Å². The second-order valence-electron chi connectivity index (χ2n) is 3.01. The second kappa shape index (κ2) is 6.84. The molecule has 14 heavy (non-hydrogen) atoms. The summed E-state index contributed by atoms with van der Waals surface area (Å²) in [4.78, 5) is 0. The minimum atomic E-state index is -4.14. The van der Waals surface area contributed by atoms with Gasteiger partial charge in [0.25, 0.3) is 0 Å². The summed E-state index contributed by atoms with van der Waals surface area (Å²) in [6.45, 7) is 0.725. The van der Waals surface area contributed by atoms with Crippen molar-refractivity contribution in [1.82, 2.24) is 0 Å². The van der Waals surface area contributed by atoms with Crippen LogP contribution in [0.5, 0.6) is 0 Å². The predicted molar refractivity (Wildman–Crippen MR) is 48.9 cm³/mol. The SMILES string of the molecule is COCC(=CCC(F)(F)F)CCCN. The van der Waals surface area contributed by atoms with Crippen LogP contribution in [0.3, 0.4) is 0 Å². The van der Waals surface area contributed by atoms with Crippen LogP contribution in [0.15, 0.2) is 11.6 Å². The first-order valence-corrected chi connectivity index (χ1v) is 4.43. The van der Waals surface area contributed by atoms with Crippen LogP contribution in [-0.2, 0) is 4.74 Å². The maximum atomic E-state index is 11.9. The molecule has 0 rings (SSSR count). The molecule has 0 radical (unpaired) electrons. The van der Waals surface area contributed by atoms with Crippen molar-refractivity contribution in [2.75, 3.05) is 20.3 Å². The lowest BCUT2D eigenvalue weighted by Gasteiger charge is -2.07. The summed E-state index contributed by atoms with van der Waals surface area (Å²) in [5.41, 5.74) is 5.93. The fourth-order valence-electron chi connectivity index (χ4n) is 1.01. The lowest BCUT2D eigenvalue weighted by Crippen LogP contribution is -2.07. The number of ether oxygens (including phenoxy) is 1. The van der Waals surface area contributed by atoms with Gasteiger partial charge in [0, 0.05) is 7.11 Å². The molecule has 2 N–H and O–H groups in total. The molecule has 0 spiro atoms. The van der Waals surface area contributed by atoms with Crippen LogP contribution < -0.4 is 5.73 Å².